The van der Waals surface area contributed by atoms with Crippen LogP contribution in [0, 0.1) is 0 Å². The second-order valence-corrected chi connectivity index (χ2v) is 5.35. The van der Waals surface area contributed by atoms with Crippen LogP contribution in [0.4, 0.5) is 0 Å². The van der Waals surface area contributed by atoms with Gasteiger partial charge in [-0.05, 0) is 25.5 Å². The first kappa shape index (κ1) is 13.0. The number of rotatable bonds is 6. The molecular formula is C11H18ClNOS. The first-order valence-corrected chi connectivity index (χ1v) is 6.47. The zero-order chi connectivity index (χ0) is 11.3. The third kappa shape index (κ3) is 4.11. The van der Waals surface area contributed by atoms with Gasteiger partial charge in [0.15, 0.2) is 0 Å². The van der Waals surface area contributed by atoms with Crippen molar-refractivity contribution in [2.24, 2.45) is 5.73 Å². The molecule has 0 amide bonds. The van der Waals surface area contributed by atoms with Gasteiger partial charge >= 0.3 is 0 Å². The van der Waals surface area contributed by atoms with Crippen LogP contribution in [0.15, 0.2) is 12.1 Å². The predicted octanol–water partition coefficient (Wildman–Crippen LogP) is 3.61. The molecule has 1 aromatic rings. The molecule has 0 aliphatic carbocycles. The van der Waals surface area contributed by atoms with E-state index in [1.165, 1.54) is 0 Å². The van der Waals surface area contributed by atoms with Gasteiger partial charge in [0.25, 0.3) is 0 Å². The number of ether oxygens (including phenoxy) is 1. The van der Waals surface area contributed by atoms with Gasteiger partial charge in [-0.1, -0.05) is 24.9 Å². The highest BCUT2D eigenvalue weighted by Gasteiger charge is 2.15. The molecule has 1 rings (SSSR count). The van der Waals surface area contributed by atoms with E-state index >= 15 is 0 Å². The second kappa shape index (κ2) is 6.48. The van der Waals surface area contributed by atoms with Crippen LogP contribution in [0.2, 0.25) is 4.34 Å². The van der Waals surface area contributed by atoms with Gasteiger partial charge in [0.1, 0.15) is 6.10 Å². The zero-order valence-corrected chi connectivity index (χ0v) is 10.8. The Labute approximate surface area is 100 Å². The molecule has 1 aromatic heterocycles. The van der Waals surface area contributed by atoms with E-state index in [-0.39, 0.29) is 12.2 Å². The van der Waals surface area contributed by atoms with Gasteiger partial charge in [-0.15, -0.1) is 11.3 Å². The summed E-state index contributed by atoms with van der Waals surface area (Å²) < 4.78 is 6.65. The maximum atomic E-state index is 5.88. The van der Waals surface area contributed by atoms with Crippen molar-refractivity contribution in [2.75, 3.05) is 6.54 Å². The van der Waals surface area contributed by atoms with Crippen molar-refractivity contribution < 1.29 is 4.74 Å². The fourth-order valence-electron chi connectivity index (χ4n) is 1.50. The summed E-state index contributed by atoms with van der Waals surface area (Å²) in [4.78, 5) is 1.12. The van der Waals surface area contributed by atoms with Crippen molar-refractivity contribution in [2.45, 2.75) is 38.9 Å². The van der Waals surface area contributed by atoms with Crippen LogP contribution in [0.25, 0.3) is 0 Å². The highest BCUT2D eigenvalue weighted by molar-refractivity contribution is 7.16. The van der Waals surface area contributed by atoms with Gasteiger partial charge in [-0.25, -0.2) is 0 Å². The first-order valence-electron chi connectivity index (χ1n) is 5.28. The van der Waals surface area contributed by atoms with Crippen molar-refractivity contribution in [3.63, 3.8) is 0 Å². The normalized spacial score (nSPS) is 15.2. The summed E-state index contributed by atoms with van der Waals surface area (Å²) in [5.74, 6) is 0. The summed E-state index contributed by atoms with van der Waals surface area (Å²) in [7, 11) is 0. The molecule has 4 heteroatoms. The third-order valence-electron chi connectivity index (χ3n) is 2.22. The largest absolute Gasteiger partial charge is 0.368 e. The minimum Gasteiger partial charge on any atom is -0.368 e. The first-order chi connectivity index (χ1) is 7.17. The van der Waals surface area contributed by atoms with E-state index in [9.17, 15) is 0 Å². The lowest BCUT2D eigenvalue weighted by molar-refractivity contribution is -0.000937. The summed E-state index contributed by atoms with van der Waals surface area (Å²) in [5, 5.41) is 0. The zero-order valence-electron chi connectivity index (χ0n) is 9.20. The monoisotopic (exact) mass is 247 g/mol. The van der Waals surface area contributed by atoms with E-state index in [1.807, 2.05) is 12.1 Å². The number of thiophene rings is 1. The van der Waals surface area contributed by atoms with Crippen LogP contribution in [0.1, 0.15) is 37.7 Å². The summed E-state index contributed by atoms with van der Waals surface area (Å²) in [5.41, 5.74) is 5.70. The molecule has 2 unspecified atom stereocenters. The van der Waals surface area contributed by atoms with E-state index in [2.05, 4.69) is 13.8 Å². The Morgan fingerprint density at radius 2 is 2.27 bits per heavy atom. The molecule has 15 heavy (non-hydrogen) atoms. The summed E-state index contributed by atoms with van der Waals surface area (Å²) in [6, 6.07) is 3.88. The molecule has 0 aromatic carbocycles. The molecule has 2 nitrogen and oxygen atoms in total. The molecule has 2 N–H and O–H groups in total. The molecule has 0 spiro atoms. The molecule has 0 bridgehead atoms. The van der Waals surface area contributed by atoms with E-state index in [1.54, 1.807) is 11.3 Å². The standard InChI is InChI=1S/C11H18ClNOS/c1-3-4-8(2)14-9(7-13)10-5-6-11(12)15-10/h5-6,8-9H,3-4,7,13H2,1-2H3. The fraction of sp³-hybridized carbons (Fsp3) is 0.636. The van der Waals surface area contributed by atoms with Gasteiger partial charge in [-0.2, -0.15) is 0 Å². The van der Waals surface area contributed by atoms with Crippen LogP contribution in [0.5, 0.6) is 0 Å². The molecule has 86 valence electrons. The summed E-state index contributed by atoms with van der Waals surface area (Å²) >= 11 is 7.42. The SMILES string of the molecule is CCCC(C)OC(CN)c1ccc(Cl)s1. The maximum Gasteiger partial charge on any atom is 0.104 e. The third-order valence-corrected chi connectivity index (χ3v) is 3.54. The van der Waals surface area contributed by atoms with Crippen molar-refractivity contribution in [1.29, 1.82) is 0 Å². The van der Waals surface area contributed by atoms with Crippen LogP contribution in [-0.2, 0) is 4.74 Å². The van der Waals surface area contributed by atoms with E-state index in [0.717, 1.165) is 22.1 Å². The number of nitrogens with two attached hydrogens (primary N) is 1. The minimum atomic E-state index is -0.0101. The average Bonchev–Trinajstić information content (AvgIpc) is 2.61. The molecule has 0 saturated heterocycles. The molecular weight excluding hydrogens is 230 g/mol. The highest BCUT2D eigenvalue weighted by atomic mass is 35.5. The molecule has 0 aliphatic heterocycles. The minimum absolute atomic E-state index is 0.0101. The molecule has 1 heterocycles. The molecule has 2 atom stereocenters. The number of halogens is 1. The topological polar surface area (TPSA) is 35.2 Å². The van der Waals surface area contributed by atoms with Gasteiger partial charge in [0, 0.05) is 11.4 Å². The maximum absolute atomic E-state index is 5.88. The average molecular weight is 248 g/mol. The van der Waals surface area contributed by atoms with Crippen molar-refractivity contribution in [3.8, 4) is 0 Å². The van der Waals surface area contributed by atoms with Crippen LogP contribution >= 0.6 is 22.9 Å². The lowest BCUT2D eigenvalue weighted by atomic mass is 10.2. The van der Waals surface area contributed by atoms with Gasteiger partial charge < -0.3 is 10.5 Å². The van der Waals surface area contributed by atoms with Crippen molar-refractivity contribution >= 4 is 22.9 Å². The lowest BCUT2D eigenvalue weighted by Gasteiger charge is -2.19. The Kier molecular flexibility index (Phi) is 5.61. The quantitative estimate of drug-likeness (QED) is 0.834. The Balaban J connectivity index is 2.56. The molecule has 0 fully saturated rings. The summed E-state index contributed by atoms with van der Waals surface area (Å²) in [6.07, 6.45) is 2.44. The van der Waals surface area contributed by atoms with Crippen LogP contribution in [-0.4, -0.2) is 12.6 Å². The summed E-state index contributed by atoms with van der Waals surface area (Å²) in [6.45, 7) is 4.74. The van der Waals surface area contributed by atoms with Gasteiger partial charge in [0.05, 0.1) is 10.4 Å². The Bertz CT molecular complexity index is 290. The predicted molar refractivity (Wildman–Crippen MR) is 66.6 cm³/mol. The molecule has 0 saturated carbocycles. The van der Waals surface area contributed by atoms with Gasteiger partial charge in [-0.3, -0.25) is 0 Å². The van der Waals surface area contributed by atoms with E-state index in [0.29, 0.717) is 6.54 Å². The van der Waals surface area contributed by atoms with Gasteiger partial charge in [0.2, 0.25) is 0 Å². The Hall–Kier alpha value is -0.0900. The van der Waals surface area contributed by atoms with E-state index in [4.69, 9.17) is 22.1 Å². The van der Waals surface area contributed by atoms with Crippen LogP contribution < -0.4 is 5.73 Å². The van der Waals surface area contributed by atoms with Crippen molar-refractivity contribution in [3.05, 3.63) is 21.3 Å². The van der Waals surface area contributed by atoms with Crippen molar-refractivity contribution in [1.82, 2.24) is 0 Å². The Morgan fingerprint density at radius 1 is 1.53 bits per heavy atom. The lowest BCUT2D eigenvalue weighted by Crippen LogP contribution is -2.20. The smallest absolute Gasteiger partial charge is 0.104 e. The molecule has 0 aliphatic rings. The van der Waals surface area contributed by atoms with E-state index < -0.39 is 0 Å². The van der Waals surface area contributed by atoms with Crippen LogP contribution in [0.3, 0.4) is 0 Å². The highest BCUT2D eigenvalue weighted by Crippen LogP contribution is 2.29. The molecule has 0 radical (unpaired) electrons. The number of hydrogen-bond donors (Lipinski definition) is 1. The second-order valence-electron chi connectivity index (χ2n) is 3.60. The Morgan fingerprint density at radius 3 is 2.73 bits per heavy atom. The fourth-order valence-corrected chi connectivity index (χ4v) is 2.61. The number of hydrogen-bond acceptors (Lipinski definition) is 3.